The topological polar surface area (TPSA) is 77.6 Å². The molecule has 8 heteroatoms. The van der Waals surface area contributed by atoms with E-state index in [4.69, 9.17) is 0 Å². The molecule has 1 aliphatic rings. The number of nitrogens with one attached hydrogen (secondary N) is 1. The molecule has 5 rings (SSSR count). The Bertz CT molecular complexity index is 1320. The van der Waals surface area contributed by atoms with E-state index in [0.717, 1.165) is 35.2 Å². The molecule has 1 fully saturated rings. The van der Waals surface area contributed by atoms with Crippen molar-refractivity contribution in [3.63, 3.8) is 0 Å². The molecule has 3 heterocycles. The highest BCUT2D eigenvalue weighted by Gasteiger charge is 2.24. The third-order valence-corrected chi connectivity index (χ3v) is 5.44. The summed E-state index contributed by atoms with van der Waals surface area (Å²) in [5.41, 5.74) is 4.27. The van der Waals surface area contributed by atoms with Gasteiger partial charge in [0.2, 0.25) is 5.91 Å². The summed E-state index contributed by atoms with van der Waals surface area (Å²) >= 11 is 0. The second kappa shape index (κ2) is 8.22. The van der Waals surface area contributed by atoms with Crippen LogP contribution in [0.5, 0.6) is 0 Å². The summed E-state index contributed by atoms with van der Waals surface area (Å²) in [6.07, 6.45) is 14.3. The van der Waals surface area contributed by atoms with Crippen LogP contribution in [0, 0.1) is 5.82 Å². The van der Waals surface area contributed by atoms with Crippen molar-refractivity contribution >= 4 is 17.7 Å². The van der Waals surface area contributed by atoms with Gasteiger partial charge < -0.3 is 5.32 Å². The molecule has 0 radical (unpaired) electrons. The first-order valence-corrected chi connectivity index (χ1v) is 10.3. The van der Waals surface area contributed by atoms with Crippen LogP contribution >= 0.6 is 0 Å². The number of benzene rings is 1. The first-order chi connectivity index (χ1) is 15.6. The highest BCUT2D eigenvalue weighted by molar-refractivity contribution is 6.02. The second-order valence-corrected chi connectivity index (χ2v) is 7.76. The van der Waals surface area contributed by atoms with Crippen molar-refractivity contribution in [2.24, 2.45) is 7.05 Å². The Morgan fingerprint density at radius 1 is 1.12 bits per heavy atom. The van der Waals surface area contributed by atoms with E-state index in [-0.39, 0.29) is 5.69 Å². The van der Waals surface area contributed by atoms with Crippen LogP contribution in [0.15, 0.2) is 67.4 Å². The number of nitrogens with zero attached hydrogens (tertiary/aromatic N) is 5. The van der Waals surface area contributed by atoms with Crippen molar-refractivity contribution in [3.05, 3.63) is 78.8 Å². The monoisotopic (exact) mass is 428 g/mol. The number of rotatable bonds is 6. The lowest BCUT2D eigenvalue weighted by molar-refractivity contribution is -0.111. The summed E-state index contributed by atoms with van der Waals surface area (Å²) in [7, 11) is 1.79. The minimum atomic E-state index is -0.514. The first-order valence-electron chi connectivity index (χ1n) is 10.3. The van der Waals surface area contributed by atoms with E-state index in [9.17, 15) is 9.18 Å². The minimum Gasteiger partial charge on any atom is -0.320 e. The van der Waals surface area contributed by atoms with Crippen LogP contribution in [0.3, 0.4) is 0 Å². The van der Waals surface area contributed by atoms with Gasteiger partial charge in [0.15, 0.2) is 0 Å². The Kier molecular flexibility index (Phi) is 5.10. The SMILES string of the molecule is Cn1nccc1-c1ccc(NC(=O)/C=C/c2cnccc2-c2cnn(C3CC3)c2)c(F)c1. The average molecular weight is 428 g/mol. The number of aryl methyl sites for hydroxylation is 1. The Labute approximate surface area is 184 Å². The van der Waals surface area contributed by atoms with Crippen LogP contribution in [0.4, 0.5) is 10.1 Å². The van der Waals surface area contributed by atoms with Crippen LogP contribution < -0.4 is 5.32 Å². The molecule has 4 aromatic rings. The van der Waals surface area contributed by atoms with E-state index in [0.29, 0.717) is 11.6 Å². The van der Waals surface area contributed by atoms with Crippen molar-refractivity contribution in [3.8, 4) is 22.4 Å². The number of pyridine rings is 1. The largest absolute Gasteiger partial charge is 0.320 e. The zero-order valence-electron chi connectivity index (χ0n) is 17.4. The Morgan fingerprint density at radius 2 is 2.00 bits per heavy atom. The number of carbonyl (C=O) groups excluding carboxylic acids is 1. The first kappa shape index (κ1) is 19.9. The van der Waals surface area contributed by atoms with E-state index in [1.807, 2.05) is 23.1 Å². The van der Waals surface area contributed by atoms with Gasteiger partial charge in [0.05, 0.1) is 23.6 Å². The zero-order valence-corrected chi connectivity index (χ0v) is 17.4. The molecule has 0 spiro atoms. The number of anilines is 1. The molecule has 0 bridgehead atoms. The molecule has 0 unspecified atom stereocenters. The fourth-order valence-electron chi connectivity index (χ4n) is 3.59. The fraction of sp³-hybridized carbons (Fsp3) is 0.167. The molecule has 7 nitrogen and oxygen atoms in total. The fourth-order valence-corrected chi connectivity index (χ4v) is 3.59. The Balaban J connectivity index is 1.31. The smallest absolute Gasteiger partial charge is 0.248 e. The van der Waals surface area contributed by atoms with E-state index >= 15 is 0 Å². The van der Waals surface area contributed by atoms with Crippen LogP contribution in [-0.4, -0.2) is 30.5 Å². The molecule has 1 saturated carbocycles. The Morgan fingerprint density at radius 3 is 2.75 bits per heavy atom. The van der Waals surface area contributed by atoms with E-state index in [1.165, 1.54) is 12.1 Å². The number of carbonyl (C=O) groups is 1. The minimum absolute atomic E-state index is 0.114. The van der Waals surface area contributed by atoms with Gasteiger partial charge in [-0.25, -0.2) is 4.39 Å². The van der Waals surface area contributed by atoms with Gasteiger partial charge in [-0.1, -0.05) is 6.07 Å². The lowest BCUT2D eigenvalue weighted by Gasteiger charge is -2.07. The third-order valence-electron chi connectivity index (χ3n) is 5.44. The average Bonchev–Trinajstić information content (AvgIpc) is 3.37. The van der Waals surface area contributed by atoms with Gasteiger partial charge in [-0.2, -0.15) is 10.2 Å². The van der Waals surface area contributed by atoms with Gasteiger partial charge in [0.1, 0.15) is 5.82 Å². The van der Waals surface area contributed by atoms with Gasteiger partial charge in [-0.3, -0.25) is 19.1 Å². The maximum Gasteiger partial charge on any atom is 0.248 e. The molecule has 160 valence electrons. The molecule has 0 aliphatic heterocycles. The number of amides is 1. The molecule has 32 heavy (non-hydrogen) atoms. The molecule has 1 aromatic carbocycles. The highest BCUT2D eigenvalue weighted by atomic mass is 19.1. The summed E-state index contributed by atoms with van der Waals surface area (Å²) in [6, 6.07) is 8.86. The van der Waals surface area contributed by atoms with Crippen molar-refractivity contribution < 1.29 is 9.18 Å². The van der Waals surface area contributed by atoms with Gasteiger partial charge >= 0.3 is 0 Å². The maximum atomic E-state index is 14.6. The molecule has 1 aliphatic carbocycles. The van der Waals surface area contributed by atoms with Crippen LogP contribution in [0.1, 0.15) is 24.4 Å². The van der Waals surface area contributed by atoms with Crippen LogP contribution in [0.2, 0.25) is 0 Å². The van der Waals surface area contributed by atoms with Crippen molar-refractivity contribution in [2.75, 3.05) is 5.32 Å². The summed E-state index contributed by atoms with van der Waals surface area (Å²) in [5, 5.41) is 11.1. The molecule has 0 saturated heterocycles. The quantitative estimate of drug-likeness (QED) is 0.460. The molecule has 1 N–H and O–H groups in total. The van der Waals surface area contributed by atoms with Gasteiger partial charge in [0, 0.05) is 54.6 Å². The summed E-state index contributed by atoms with van der Waals surface area (Å²) in [4.78, 5) is 16.6. The molecule has 3 aromatic heterocycles. The zero-order chi connectivity index (χ0) is 22.1. The predicted molar refractivity (Wildman–Crippen MR) is 120 cm³/mol. The van der Waals surface area contributed by atoms with Crippen LogP contribution in [0.25, 0.3) is 28.5 Å². The Hall–Kier alpha value is -4.07. The number of halogens is 1. The van der Waals surface area contributed by atoms with Gasteiger partial charge in [-0.15, -0.1) is 0 Å². The van der Waals surface area contributed by atoms with E-state index in [1.54, 1.807) is 54.6 Å². The van der Waals surface area contributed by atoms with Crippen LogP contribution in [-0.2, 0) is 11.8 Å². The highest BCUT2D eigenvalue weighted by Crippen LogP contribution is 2.35. The predicted octanol–water partition coefficient (Wildman–Crippen LogP) is 4.47. The lowest BCUT2D eigenvalue weighted by atomic mass is 10.0. The number of hydrogen-bond acceptors (Lipinski definition) is 4. The van der Waals surface area contributed by atoms with E-state index in [2.05, 4.69) is 20.5 Å². The summed E-state index contributed by atoms with van der Waals surface area (Å²) in [6.45, 7) is 0. The molecule has 0 atom stereocenters. The lowest BCUT2D eigenvalue weighted by Crippen LogP contribution is -2.09. The van der Waals surface area contributed by atoms with Crippen molar-refractivity contribution in [1.29, 1.82) is 0 Å². The standard InChI is InChI=1S/C24H21FN6O/c1-30-23(9-11-27-30)16-2-6-22(21(25)12-16)29-24(32)7-3-17-13-26-10-8-20(17)18-14-28-31(15-18)19-4-5-19/h2-3,6-15,19H,4-5H2,1H3,(H,29,32)/b7-3+. The molecule has 1 amide bonds. The van der Waals surface area contributed by atoms with Gasteiger partial charge in [-0.05, 0) is 48.7 Å². The normalized spacial score (nSPS) is 13.6. The number of aromatic nitrogens is 5. The van der Waals surface area contributed by atoms with Crippen molar-refractivity contribution in [2.45, 2.75) is 18.9 Å². The van der Waals surface area contributed by atoms with Crippen molar-refractivity contribution in [1.82, 2.24) is 24.5 Å². The van der Waals surface area contributed by atoms with E-state index < -0.39 is 11.7 Å². The number of hydrogen-bond donors (Lipinski definition) is 1. The summed E-state index contributed by atoms with van der Waals surface area (Å²) < 4.78 is 18.2. The molecular formula is C24H21FN6O. The van der Waals surface area contributed by atoms with Gasteiger partial charge in [0.25, 0.3) is 0 Å². The second-order valence-electron chi connectivity index (χ2n) is 7.76. The molecular weight excluding hydrogens is 407 g/mol. The third kappa shape index (κ3) is 4.07. The summed E-state index contributed by atoms with van der Waals surface area (Å²) in [5.74, 6) is -0.944. The maximum absolute atomic E-state index is 14.6.